The third-order valence-corrected chi connectivity index (χ3v) is 84.8. The van der Waals surface area contributed by atoms with Crippen LogP contribution in [0, 0.1) is 0 Å². The van der Waals surface area contributed by atoms with E-state index in [9.17, 15) is 21.4 Å². The van der Waals surface area contributed by atoms with Gasteiger partial charge in [0.2, 0.25) is 0 Å². The Hall–Kier alpha value is 1.17. The molecular weight excluding hydrogens is 1420 g/mol. The van der Waals surface area contributed by atoms with Crippen LogP contribution in [0.4, 0.5) is 21.4 Å². The Morgan fingerprint density at radius 1 is 0.283 bits per heavy atom. The quantitative estimate of drug-likeness (QED) is 0.129. The third-order valence-electron chi connectivity index (χ3n) is 31.8. The van der Waals surface area contributed by atoms with Crippen molar-refractivity contribution >= 4 is 57.2 Å². The van der Waals surface area contributed by atoms with Gasteiger partial charge >= 0.3 is 14.5 Å². The second-order valence-corrected chi connectivity index (χ2v) is 93.2. The van der Waals surface area contributed by atoms with E-state index in [1.54, 1.807) is 147 Å². The monoisotopic (exact) mass is 1620 g/mol. The molecule has 5 rings (SSSR count). The molecule has 0 N–H and O–H groups in total. The minimum atomic E-state index is -4.11. The highest BCUT2D eigenvalue weighted by molar-refractivity contribution is 6.89. The predicted molar refractivity (Wildman–Crippen MR) is 499 cm³/mol. The van der Waals surface area contributed by atoms with Crippen molar-refractivity contribution in [3.8, 4) is 0 Å². The lowest BCUT2D eigenvalue weighted by atomic mass is 9.99. The zero-order chi connectivity index (χ0) is 85.3. The average Bonchev–Trinajstić information content (AvgIpc) is 1.18. The van der Waals surface area contributed by atoms with Gasteiger partial charge in [0.15, 0.2) is 8.07 Å². The lowest BCUT2D eigenvalue weighted by Gasteiger charge is -2.62. The molecule has 1 aliphatic heterocycles. The van der Waals surface area contributed by atoms with Gasteiger partial charge in [-0.1, -0.05) is 503 Å². The van der Waals surface area contributed by atoms with Crippen molar-refractivity contribution in [2.45, 2.75) is 601 Å². The van der Waals surface area contributed by atoms with Crippen molar-refractivity contribution in [3.05, 3.63) is 0 Å². The first kappa shape index (κ1) is 109. The molecule has 0 bridgehead atoms. The summed E-state index contributed by atoms with van der Waals surface area (Å²) in [5.41, 5.74) is 5.27. The smallest absolute Gasteiger partial charge is 0.269 e. The zero-order valence-corrected chi connectivity index (χ0v) is 89.2. The Balaban J connectivity index is 0. The van der Waals surface area contributed by atoms with E-state index >= 15 is 0 Å². The fourth-order valence-electron chi connectivity index (χ4n) is 28.4. The average molecular weight is 1620 g/mol. The molecule has 640 valence electrons. The first-order chi connectivity index (χ1) is 46.5. The van der Waals surface area contributed by atoms with Crippen LogP contribution in [0.1, 0.15) is 460 Å². The van der Waals surface area contributed by atoms with Crippen LogP contribution in [0.15, 0.2) is 0 Å². The van der Waals surface area contributed by atoms with Crippen LogP contribution >= 0.6 is 0 Å². The minimum absolute atomic E-state index is 0.508. The van der Waals surface area contributed by atoms with Crippen LogP contribution in [-0.2, 0) is 0 Å². The molecule has 1 saturated heterocycles. The van der Waals surface area contributed by atoms with Crippen LogP contribution in [0.3, 0.4) is 0 Å². The summed E-state index contributed by atoms with van der Waals surface area (Å²) < 4.78 is 66.6. The molecule has 1 heterocycles. The van der Waals surface area contributed by atoms with Gasteiger partial charge in [0.25, 0.3) is 0 Å². The van der Waals surface area contributed by atoms with Crippen molar-refractivity contribution in [3.63, 3.8) is 0 Å². The van der Waals surface area contributed by atoms with Crippen molar-refractivity contribution < 1.29 is 21.4 Å². The molecule has 106 heavy (non-hydrogen) atoms. The summed E-state index contributed by atoms with van der Waals surface area (Å²) in [5.74, 6) is -4.04. The maximum Gasteiger partial charge on any atom is 0.435 e. The molecule has 12 heteroatoms. The summed E-state index contributed by atoms with van der Waals surface area (Å²) >= 11 is 0. The molecule has 0 aromatic rings. The van der Waals surface area contributed by atoms with Crippen LogP contribution in [0.5, 0.6) is 0 Å². The number of alkyl halides is 3. The fraction of sp³-hybridized carbons (Fsp3) is 1.00. The van der Waals surface area contributed by atoms with Crippen molar-refractivity contribution in [2.24, 2.45) is 0 Å². The molecule has 0 aromatic carbocycles. The van der Waals surface area contributed by atoms with Crippen LogP contribution in [0.2, 0.25) is 135 Å². The SMILES string of the molecule is CC(C)(C)[Si](C)(C(C)(C)C)C(F)(F)F.CC(C)(C)[Si](C1CCCC1)(C1CCCC1)C(C)(C)C.CC(C)(C)[Si](C1CCCCC1)(C1CCCCC1)C(C)(C)C.CC(C)(C)[Si](F)(F)C(C)(C)C.CC(C)(C)[Si]1(C(C)(C)C)CCCCC1.CC[Si](C(C)C)(C(C)(C)C)C(C)(C)C.CC[Si](CC)(C(C)(C)C)C(C)(C)C. The van der Waals surface area contributed by atoms with Crippen molar-refractivity contribution in [1.29, 1.82) is 0 Å². The molecule has 4 aliphatic carbocycles. The molecule has 0 amide bonds. The van der Waals surface area contributed by atoms with Gasteiger partial charge in [-0.05, 0) is 82.6 Å². The maximum atomic E-state index is 13.6. The summed E-state index contributed by atoms with van der Waals surface area (Å²) in [7, 11) is -13.7. The molecule has 0 radical (unpaired) electrons. The lowest BCUT2D eigenvalue weighted by molar-refractivity contribution is -0.0632. The Kier molecular flexibility index (Phi) is 39.9. The van der Waals surface area contributed by atoms with Crippen LogP contribution in [-0.4, -0.2) is 63.0 Å². The van der Waals surface area contributed by atoms with Gasteiger partial charge in [-0.3, -0.25) is 8.22 Å². The maximum absolute atomic E-state index is 13.6. The summed E-state index contributed by atoms with van der Waals surface area (Å²) in [4.78, 5) is 0. The zero-order valence-electron chi connectivity index (χ0n) is 82.2. The Bertz CT molecular complexity index is 2250. The van der Waals surface area contributed by atoms with Crippen LogP contribution in [0.25, 0.3) is 0 Å². The molecule has 0 spiro atoms. The number of hydrogen-bond acceptors (Lipinski definition) is 0. The van der Waals surface area contributed by atoms with Crippen molar-refractivity contribution in [2.75, 3.05) is 0 Å². The highest BCUT2D eigenvalue weighted by Crippen LogP contribution is 2.70. The summed E-state index contributed by atoms with van der Waals surface area (Å²) in [6, 6.07) is 7.37. The van der Waals surface area contributed by atoms with Gasteiger partial charge in [-0.25, -0.2) is 0 Å². The topological polar surface area (TPSA) is 0 Å². The fourth-order valence-corrected chi connectivity index (χ4v) is 78.4. The standard InChI is InChI=1S/C20H40Si.C18H36Si.C13H28Si.C13H30Si.C12H28Si.C10H21F3Si.C8H18F2Si/c1-19(2,3)21(20(4,5)6,17-13-9-7-10-14-17)18-15-11-8-12-16-18;1-17(2,3)19(18(4,5)6,15-11-7-8-12-15)16-13-9-10-14-16;1-12(2,3)14(13(4,5)6)10-8-7-9-11-14;1-10-14(11(2)3,12(4,5)6)13(7,8)9;1-9-13(10-2,11(3,4)5)12(6,7)8;1-8(2,3)14(7,9(4,5)6)10(11,12)13;1-7(2,3)11(9,10)8(4,5)6/h17-18H,7-16H2,1-6H3;15-16H,7-14H2,1-6H3;7-11H2,1-6H3;11H,10H2,1-9H3;9-10H2,1-8H3;1-7H3;1-6H3. The van der Waals surface area contributed by atoms with Gasteiger partial charge in [0, 0.05) is 10.1 Å². The molecule has 4 saturated carbocycles. The lowest BCUT2D eigenvalue weighted by Crippen LogP contribution is -2.60. The minimum Gasteiger partial charge on any atom is -0.269 e. The molecule has 0 atom stereocenters. The number of halogens is 5. The second-order valence-electron chi connectivity index (χ2n) is 51.0. The summed E-state index contributed by atoms with van der Waals surface area (Å²) in [5, 5.41) is 2.54. The highest BCUT2D eigenvalue weighted by Gasteiger charge is 2.67. The number of rotatable bonds is 8. The van der Waals surface area contributed by atoms with Crippen molar-refractivity contribution in [1.82, 2.24) is 0 Å². The van der Waals surface area contributed by atoms with E-state index < -0.39 is 83.1 Å². The third kappa shape index (κ3) is 24.6. The summed E-state index contributed by atoms with van der Waals surface area (Å²) in [6.07, 6.45) is 32.0. The largest absolute Gasteiger partial charge is 0.435 e. The van der Waals surface area contributed by atoms with E-state index in [0.29, 0.717) is 50.4 Å². The Morgan fingerprint density at radius 3 is 0.575 bits per heavy atom. The van der Waals surface area contributed by atoms with Gasteiger partial charge in [0.05, 0.1) is 40.4 Å². The molecule has 5 aliphatic rings. The van der Waals surface area contributed by atoms with Gasteiger partial charge < -0.3 is 0 Å². The van der Waals surface area contributed by atoms with Gasteiger partial charge in [-0.15, -0.1) is 0 Å². The van der Waals surface area contributed by atoms with E-state index in [2.05, 4.69) is 242 Å². The highest BCUT2D eigenvalue weighted by atomic mass is 28.4. The molecule has 5 fully saturated rings. The van der Waals surface area contributed by atoms with E-state index in [1.165, 1.54) is 108 Å². The van der Waals surface area contributed by atoms with Gasteiger partial charge in [-0.2, -0.15) is 13.2 Å². The van der Waals surface area contributed by atoms with E-state index in [4.69, 9.17) is 0 Å². The van der Waals surface area contributed by atoms with E-state index in [0.717, 1.165) is 27.7 Å². The Labute approximate surface area is 675 Å². The predicted octanol–water partition coefficient (Wildman–Crippen LogP) is 39.1. The van der Waals surface area contributed by atoms with Crippen LogP contribution < -0.4 is 0 Å². The van der Waals surface area contributed by atoms with E-state index in [1.807, 2.05) is 0 Å². The first-order valence-electron chi connectivity index (χ1n) is 44.9. The summed E-state index contributed by atoms with van der Waals surface area (Å²) in [6.45, 7) is 109. The van der Waals surface area contributed by atoms with E-state index in [-0.39, 0.29) is 0 Å². The first-order valence-corrected chi connectivity index (χ1v) is 60.6. The molecule has 0 nitrogen and oxygen atoms in total. The number of hydrogen-bond donors (Lipinski definition) is 0. The van der Waals surface area contributed by atoms with Gasteiger partial charge in [0.1, 0.15) is 0 Å². The normalized spacial score (nSPS) is 19.8. The molecule has 0 unspecified atom stereocenters. The second kappa shape index (κ2) is 38.7. The molecular formula is C94H201F5Si7. The molecule has 0 aromatic heterocycles. The Morgan fingerprint density at radius 2 is 0.491 bits per heavy atom.